The summed E-state index contributed by atoms with van der Waals surface area (Å²) in [4.78, 5) is 19.4. The Kier molecular flexibility index (Phi) is 7.36. The maximum absolute atomic E-state index is 11.5. The molecule has 0 unspecified atom stereocenters. The lowest BCUT2D eigenvalue weighted by atomic mass is 10.7. The SMILES string of the molecule is O=C(F)CNSSNCC(=O)F. The molecule has 0 aromatic carbocycles. The fourth-order valence-corrected chi connectivity index (χ4v) is 1.40. The Morgan fingerprint density at radius 1 is 1.00 bits per heavy atom. The van der Waals surface area contributed by atoms with Crippen LogP contribution in [-0.4, -0.2) is 25.2 Å². The Morgan fingerprint density at radius 2 is 1.33 bits per heavy atom. The van der Waals surface area contributed by atoms with Crippen LogP contribution in [0.25, 0.3) is 0 Å². The van der Waals surface area contributed by atoms with Crippen LogP contribution >= 0.6 is 22.0 Å². The summed E-state index contributed by atoms with van der Waals surface area (Å²) in [5.74, 6) is 0. The van der Waals surface area contributed by atoms with Crippen molar-refractivity contribution in [2.75, 3.05) is 13.1 Å². The van der Waals surface area contributed by atoms with Gasteiger partial charge < -0.3 is 0 Å². The van der Waals surface area contributed by atoms with Gasteiger partial charge >= 0.3 is 12.1 Å². The van der Waals surface area contributed by atoms with Crippen molar-refractivity contribution in [2.45, 2.75) is 0 Å². The van der Waals surface area contributed by atoms with Gasteiger partial charge in [0.25, 0.3) is 0 Å². The third-order valence-corrected chi connectivity index (χ3v) is 2.15. The van der Waals surface area contributed by atoms with Crippen LogP contribution in [0.3, 0.4) is 0 Å². The molecule has 0 radical (unpaired) electrons. The van der Waals surface area contributed by atoms with E-state index < -0.39 is 25.2 Å². The Labute approximate surface area is 75.5 Å². The summed E-state index contributed by atoms with van der Waals surface area (Å²) >= 11 is 0. The van der Waals surface area contributed by atoms with Crippen LogP contribution in [0.5, 0.6) is 0 Å². The normalized spacial score (nSPS) is 9.83. The highest BCUT2D eigenvalue weighted by Crippen LogP contribution is 2.10. The van der Waals surface area contributed by atoms with E-state index in [1.807, 2.05) is 0 Å². The molecule has 0 aliphatic heterocycles. The fraction of sp³-hybridized carbons (Fsp3) is 0.500. The van der Waals surface area contributed by atoms with Crippen molar-refractivity contribution in [3.05, 3.63) is 0 Å². The highest BCUT2D eigenvalue weighted by Gasteiger charge is 1.98. The molecule has 0 rings (SSSR count). The zero-order chi connectivity index (χ0) is 9.40. The smallest absolute Gasteiger partial charge is 0.260 e. The summed E-state index contributed by atoms with van der Waals surface area (Å²) in [6.45, 7) is -0.828. The van der Waals surface area contributed by atoms with Gasteiger partial charge in [-0.2, -0.15) is 8.78 Å². The first-order valence-corrected chi connectivity index (χ1v) is 4.93. The Bertz CT molecular complexity index is 151. The lowest BCUT2D eigenvalue weighted by molar-refractivity contribution is -0.128. The molecule has 4 nitrogen and oxygen atoms in total. The Balaban J connectivity index is 3.01. The number of carbonyl (C=O) groups excluding carboxylic acids is 2. The van der Waals surface area contributed by atoms with Crippen molar-refractivity contribution >= 4 is 34.0 Å². The zero-order valence-electron chi connectivity index (χ0n) is 5.80. The first kappa shape index (κ1) is 11.8. The summed E-state index contributed by atoms with van der Waals surface area (Å²) < 4.78 is 27.6. The lowest BCUT2D eigenvalue weighted by Gasteiger charge is -1.98. The molecule has 0 bridgehead atoms. The lowest BCUT2D eigenvalue weighted by Crippen LogP contribution is -2.15. The van der Waals surface area contributed by atoms with Gasteiger partial charge in [0.2, 0.25) is 0 Å². The van der Waals surface area contributed by atoms with Crippen LogP contribution < -0.4 is 9.44 Å². The molecular formula is C4H6F2N2O2S2. The van der Waals surface area contributed by atoms with Crippen molar-refractivity contribution in [3.8, 4) is 0 Å². The van der Waals surface area contributed by atoms with Crippen LogP contribution in [0.2, 0.25) is 0 Å². The van der Waals surface area contributed by atoms with Crippen LogP contribution in [0.15, 0.2) is 0 Å². The molecule has 0 fully saturated rings. The van der Waals surface area contributed by atoms with E-state index in [2.05, 4.69) is 9.44 Å². The van der Waals surface area contributed by atoms with Gasteiger partial charge in [-0.25, -0.2) is 9.44 Å². The average molecular weight is 216 g/mol. The van der Waals surface area contributed by atoms with E-state index in [0.29, 0.717) is 0 Å². The third-order valence-electron chi connectivity index (χ3n) is 0.582. The standard InChI is InChI=1S/C4H6F2N2O2S2/c5-3(9)1-7-11-12-8-2-4(6)10/h7-8H,1-2H2. The average Bonchev–Trinajstić information content (AvgIpc) is 1.95. The molecule has 0 aliphatic carbocycles. The second-order valence-electron chi connectivity index (χ2n) is 1.52. The first-order valence-electron chi connectivity index (χ1n) is 2.78. The van der Waals surface area contributed by atoms with Crippen molar-refractivity contribution in [1.29, 1.82) is 0 Å². The van der Waals surface area contributed by atoms with Gasteiger partial charge in [-0.05, 0) is 0 Å². The van der Waals surface area contributed by atoms with Crippen molar-refractivity contribution < 1.29 is 18.4 Å². The van der Waals surface area contributed by atoms with Crippen LogP contribution in [0, 0.1) is 0 Å². The molecule has 0 aromatic heterocycles. The molecule has 0 aliphatic rings. The van der Waals surface area contributed by atoms with E-state index >= 15 is 0 Å². The number of halogens is 2. The second-order valence-corrected chi connectivity index (χ2v) is 3.43. The fourth-order valence-electron chi connectivity index (χ4n) is 0.231. The van der Waals surface area contributed by atoms with E-state index in [-0.39, 0.29) is 0 Å². The molecule has 0 aromatic rings. The molecule has 12 heavy (non-hydrogen) atoms. The monoisotopic (exact) mass is 216 g/mol. The van der Waals surface area contributed by atoms with Gasteiger partial charge in [0.05, 0.1) is 13.1 Å². The molecule has 2 N–H and O–H groups in total. The summed E-state index contributed by atoms with van der Waals surface area (Å²) in [6, 6.07) is -2.96. The van der Waals surface area contributed by atoms with Crippen molar-refractivity contribution in [2.24, 2.45) is 0 Å². The minimum Gasteiger partial charge on any atom is -0.260 e. The summed E-state index contributed by atoms with van der Waals surface area (Å²) in [5, 5.41) is 0. The molecular weight excluding hydrogens is 210 g/mol. The quantitative estimate of drug-likeness (QED) is 0.277. The van der Waals surface area contributed by atoms with E-state index in [1.54, 1.807) is 0 Å². The molecule has 0 saturated heterocycles. The second kappa shape index (κ2) is 7.47. The van der Waals surface area contributed by atoms with Gasteiger partial charge in [0.1, 0.15) is 0 Å². The molecule has 0 amide bonds. The van der Waals surface area contributed by atoms with Crippen LogP contribution in [0.4, 0.5) is 8.78 Å². The van der Waals surface area contributed by atoms with Crippen molar-refractivity contribution in [1.82, 2.24) is 9.44 Å². The van der Waals surface area contributed by atoms with Crippen LogP contribution in [-0.2, 0) is 9.59 Å². The van der Waals surface area contributed by atoms with Gasteiger partial charge in [-0.3, -0.25) is 9.59 Å². The van der Waals surface area contributed by atoms with Gasteiger partial charge in [0.15, 0.2) is 0 Å². The van der Waals surface area contributed by atoms with Gasteiger partial charge in [0, 0.05) is 22.0 Å². The van der Waals surface area contributed by atoms with E-state index in [4.69, 9.17) is 0 Å². The van der Waals surface area contributed by atoms with E-state index in [9.17, 15) is 18.4 Å². The molecule has 8 heteroatoms. The summed E-state index contributed by atoms with van der Waals surface area (Å²) in [7, 11) is 1.80. The molecule has 0 saturated carbocycles. The minimum absolute atomic E-state index is 0.414. The highest BCUT2D eigenvalue weighted by molar-refractivity contribution is 8.75. The predicted molar refractivity (Wildman–Crippen MR) is 43.4 cm³/mol. The van der Waals surface area contributed by atoms with E-state index in [1.165, 1.54) is 0 Å². The largest absolute Gasteiger partial charge is 0.316 e. The molecule has 70 valence electrons. The number of rotatable bonds is 7. The summed E-state index contributed by atoms with van der Waals surface area (Å²) in [6.07, 6.45) is 0. The summed E-state index contributed by atoms with van der Waals surface area (Å²) in [5.41, 5.74) is 0. The topological polar surface area (TPSA) is 58.2 Å². The third kappa shape index (κ3) is 9.82. The number of carbonyl (C=O) groups is 2. The Morgan fingerprint density at radius 3 is 1.58 bits per heavy atom. The predicted octanol–water partition coefficient (Wildman–Crippen LogP) is 0.369. The molecule has 0 spiro atoms. The number of hydrogen-bond acceptors (Lipinski definition) is 6. The number of nitrogens with one attached hydrogen (secondary N) is 2. The zero-order valence-corrected chi connectivity index (χ0v) is 7.44. The highest BCUT2D eigenvalue weighted by atomic mass is 33.1. The van der Waals surface area contributed by atoms with Crippen molar-refractivity contribution in [3.63, 3.8) is 0 Å². The molecule has 0 atom stereocenters. The van der Waals surface area contributed by atoms with Crippen LogP contribution in [0.1, 0.15) is 0 Å². The first-order chi connectivity index (χ1) is 5.63. The number of hydrogen-bond donors (Lipinski definition) is 2. The Hall–Kier alpha value is -0.180. The maximum Gasteiger partial charge on any atom is 0.316 e. The van der Waals surface area contributed by atoms with E-state index in [0.717, 1.165) is 22.0 Å². The van der Waals surface area contributed by atoms with Gasteiger partial charge in [-0.1, -0.05) is 0 Å². The van der Waals surface area contributed by atoms with Gasteiger partial charge in [-0.15, -0.1) is 0 Å². The minimum atomic E-state index is -1.48. The maximum atomic E-state index is 11.5. The molecule has 0 heterocycles.